The summed E-state index contributed by atoms with van der Waals surface area (Å²) in [6.07, 6.45) is 4.53. The summed E-state index contributed by atoms with van der Waals surface area (Å²) in [6, 6.07) is 0. The third kappa shape index (κ3) is 1.69. The van der Waals surface area contributed by atoms with Crippen LogP contribution in [0.2, 0.25) is 0 Å². The lowest BCUT2D eigenvalue weighted by molar-refractivity contribution is 0.454. The van der Waals surface area contributed by atoms with Crippen molar-refractivity contribution in [1.82, 2.24) is 15.0 Å². The van der Waals surface area contributed by atoms with Gasteiger partial charge in [0.25, 0.3) is 5.22 Å². The molecule has 0 aromatic carbocycles. The lowest BCUT2D eigenvalue weighted by atomic mass is 10.4. The maximum atomic E-state index is 5.63. The molecular weight excluding hydrogens is 200 g/mol. The molecule has 14 heavy (non-hydrogen) atoms. The highest BCUT2D eigenvalue weighted by atomic mass is 32.2. The van der Waals surface area contributed by atoms with E-state index in [9.17, 15) is 0 Å². The average Bonchev–Trinajstić information content (AvgIpc) is 2.66. The molecule has 0 spiro atoms. The van der Waals surface area contributed by atoms with Gasteiger partial charge in [0.05, 0.1) is 6.20 Å². The van der Waals surface area contributed by atoms with E-state index < -0.39 is 0 Å². The molecule has 0 saturated heterocycles. The number of aromatic nitrogens is 3. The summed E-state index contributed by atoms with van der Waals surface area (Å²) >= 11 is 1.33. The second-order valence-electron chi connectivity index (χ2n) is 2.59. The number of hydrogen-bond acceptors (Lipinski definition) is 6. The zero-order valence-electron chi connectivity index (χ0n) is 7.47. The zero-order valence-corrected chi connectivity index (χ0v) is 8.28. The van der Waals surface area contributed by atoms with Crippen molar-refractivity contribution in [2.45, 2.75) is 17.2 Å². The Labute approximate surface area is 84.8 Å². The normalized spacial score (nSPS) is 10.4. The minimum atomic E-state index is 0.481. The number of nitrogen functional groups attached to an aromatic ring is 1. The number of nitrogens with two attached hydrogens (primary N) is 1. The van der Waals surface area contributed by atoms with Crippen LogP contribution in [0.15, 0.2) is 33.5 Å². The molecule has 2 aromatic heterocycles. The van der Waals surface area contributed by atoms with Crippen LogP contribution in [0.1, 0.15) is 5.56 Å². The van der Waals surface area contributed by atoms with Gasteiger partial charge in [-0.1, -0.05) is 0 Å². The van der Waals surface area contributed by atoms with Crippen LogP contribution in [-0.4, -0.2) is 15.0 Å². The molecule has 0 bridgehead atoms. The van der Waals surface area contributed by atoms with E-state index in [0.717, 1.165) is 10.6 Å². The molecule has 0 aliphatic heterocycles. The van der Waals surface area contributed by atoms with Gasteiger partial charge in [-0.15, -0.1) is 0 Å². The Balaban J connectivity index is 2.29. The molecule has 72 valence electrons. The minimum absolute atomic E-state index is 0.481. The summed E-state index contributed by atoms with van der Waals surface area (Å²) in [4.78, 5) is 11.9. The Kier molecular flexibility index (Phi) is 2.36. The molecular formula is C8H8N4OS. The maximum absolute atomic E-state index is 5.63. The Morgan fingerprint density at radius 1 is 1.36 bits per heavy atom. The summed E-state index contributed by atoms with van der Waals surface area (Å²) in [7, 11) is 0. The van der Waals surface area contributed by atoms with Crippen molar-refractivity contribution in [3.8, 4) is 0 Å². The lowest BCUT2D eigenvalue weighted by Gasteiger charge is -2.02. The molecule has 0 atom stereocenters. The van der Waals surface area contributed by atoms with Crippen LogP contribution in [-0.2, 0) is 0 Å². The molecule has 0 amide bonds. The second-order valence-corrected chi connectivity index (χ2v) is 3.53. The fraction of sp³-hybridized carbons (Fsp3) is 0.125. The molecule has 0 aliphatic rings. The maximum Gasteiger partial charge on any atom is 0.261 e. The van der Waals surface area contributed by atoms with Crippen LogP contribution >= 0.6 is 11.8 Å². The molecule has 2 aromatic rings. The fourth-order valence-corrected chi connectivity index (χ4v) is 1.63. The van der Waals surface area contributed by atoms with Crippen LogP contribution in [0.25, 0.3) is 0 Å². The summed E-state index contributed by atoms with van der Waals surface area (Å²) in [5.41, 5.74) is 6.48. The SMILES string of the molecule is Cc1c(N)ncnc1Sc1ncco1. The monoisotopic (exact) mass is 208 g/mol. The van der Waals surface area contributed by atoms with Crippen molar-refractivity contribution in [1.29, 1.82) is 0 Å². The third-order valence-corrected chi connectivity index (χ3v) is 2.65. The number of nitrogens with zero attached hydrogens (tertiary/aromatic N) is 3. The zero-order chi connectivity index (χ0) is 9.97. The van der Waals surface area contributed by atoms with E-state index in [-0.39, 0.29) is 0 Å². The number of oxazole rings is 1. The van der Waals surface area contributed by atoms with Crippen LogP contribution in [0.3, 0.4) is 0 Å². The molecule has 0 unspecified atom stereocenters. The standard InChI is InChI=1S/C8H8N4OS/c1-5-6(9)11-4-12-7(5)14-8-10-2-3-13-8/h2-4H,1H3,(H2,9,11,12). The number of rotatable bonds is 2. The predicted molar refractivity (Wildman–Crippen MR) is 51.8 cm³/mol. The molecule has 2 heterocycles. The van der Waals surface area contributed by atoms with Gasteiger partial charge in [-0.25, -0.2) is 15.0 Å². The van der Waals surface area contributed by atoms with Crippen molar-refractivity contribution in [3.63, 3.8) is 0 Å². The third-order valence-electron chi connectivity index (χ3n) is 1.67. The van der Waals surface area contributed by atoms with Gasteiger partial charge in [0, 0.05) is 5.56 Å². The van der Waals surface area contributed by atoms with Crippen LogP contribution in [0, 0.1) is 6.92 Å². The van der Waals surface area contributed by atoms with Crippen LogP contribution < -0.4 is 5.73 Å². The fourth-order valence-electron chi connectivity index (χ4n) is 0.893. The number of anilines is 1. The summed E-state index contributed by atoms with van der Waals surface area (Å²) in [6.45, 7) is 1.86. The predicted octanol–water partition coefficient (Wildman–Crippen LogP) is 1.51. The first-order chi connectivity index (χ1) is 6.77. The van der Waals surface area contributed by atoms with Crippen molar-refractivity contribution < 1.29 is 4.42 Å². The molecule has 6 heteroatoms. The largest absolute Gasteiger partial charge is 0.440 e. The van der Waals surface area contributed by atoms with E-state index in [1.165, 1.54) is 24.4 Å². The topological polar surface area (TPSA) is 77.8 Å². The highest BCUT2D eigenvalue weighted by Gasteiger charge is 2.08. The van der Waals surface area contributed by atoms with Gasteiger partial charge < -0.3 is 10.2 Å². The average molecular weight is 208 g/mol. The summed E-state index contributed by atoms with van der Waals surface area (Å²) in [5, 5.41) is 1.31. The van der Waals surface area contributed by atoms with E-state index in [4.69, 9.17) is 10.2 Å². The first kappa shape index (κ1) is 9.01. The molecule has 2 N–H and O–H groups in total. The van der Waals surface area contributed by atoms with Crippen LogP contribution in [0.5, 0.6) is 0 Å². The van der Waals surface area contributed by atoms with E-state index in [0.29, 0.717) is 11.0 Å². The highest BCUT2D eigenvalue weighted by Crippen LogP contribution is 2.28. The van der Waals surface area contributed by atoms with E-state index in [1.54, 1.807) is 6.20 Å². The van der Waals surface area contributed by atoms with E-state index >= 15 is 0 Å². The molecule has 2 rings (SSSR count). The van der Waals surface area contributed by atoms with Crippen molar-refractivity contribution >= 4 is 17.6 Å². The Morgan fingerprint density at radius 3 is 2.93 bits per heavy atom. The lowest BCUT2D eigenvalue weighted by Crippen LogP contribution is -1.97. The molecule has 5 nitrogen and oxygen atoms in total. The minimum Gasteiger partial charge on any atom is -0.440 e. The number of hydrogen-bond donors (Lipinski definition) is 1. The molecule has 0 saturated carbocycles. The Hall–Kier alpha value is -1.56. The molecule has 0 aliphatic carbocycles. The van der Waals surface area contributed by atoms with E-state index in [1.807, 2.05) is 6.92 Å². The van der Waals surface area contributed by atoms with Gasteiger partial charge in [0.1, 0.15) is 23.4 Å². The van der Waals surface area contributed by atoms with Crippen LogP contribution in [0.4, 0.5) is 5.82 Å². The van der Waals surface area contributed by atoms with Gasteiger partial charge in [-0.05, 0) is 18.7 Å². The van der Waals surface area contributed by atoms with Gasteiger partial charge in [0.2, 0.25) is 0 Å². The Morgan fingerprint density at radius 2 is 2.21 bits per heavy atom. The van der Waals surface area contributed by atoms with Crippen molar-refractivity contribution in [3.05, 3.63) is 24.4 Å². The first-order valence-corrected chi connectivity index (χ1v) is 4.73. The smallest absolute Gasteiger partial charge is 0.261 e. The summed E-state index contributed by atoms with van der Waals surface area (Å²) in [5.74, 6) is 0.481. The quantitative estimate of drug-likeness (QED) is 0.753. The van der Waals surface area contributed by atoms with Gasteiger partial charge >= 0.3 is 0 Å². The summed E-state index contributed by atoms with van der Waals surface area (Å²) < 4.78 is 5.08. The van der Waals surface area contributed by atoms with Gasteiger partial charge in [-0.2, -0.15) is 0 Å². The van der Waals surface area contributed by atoms with Crippen molar-refractivity contribution in [2.75, 3.05) is 5.73 Å². The second kappa shape index (κ2) is 3.67. The molecule has 0 fully saturated rings. The Bertz CT molecular complexity index is 429. The van der Waals surface area contributed by atoms with Gasteiger partial charge in [-0.3, -0.25) is 0 Å². The van der Waals surface area contributed by atoms with Crippen molar-refractivity contribution in [2.24, 2.45) is 0 Å². The first-order valence-electron chi connectivity index (χ1n) is 3.92. The van der Waals surface area contributed by atoms with Gasteiger partial charge in [0.15, 0.2) is 0 Å². The molecule has 0 radical (unpaired) electrons. The van der Waals surface area contributed by atoms with E-state index in [2.05, 4.69) is 15.0 Å². The highest BCUT2D eigenvalue weighted by molar-refractivity contribution is 7.99.